The lowest BCUT2D eigenvalue weighted by molar-refractivity contribution is 0.372. The zero-order valence-electron chi connectivity index (χ0n) is 15.8. The normalized spacial score (nSPS) is 12.4. The van der Waals surface area contributed by atoms with Crippen molar-refractivity contribution in [1.29, 1.82) is 0 Å². The van der Waals surface area contributed by atoms with Crippen LogP contribution < -0.4 is 5.73 Å². The summed E-state index contributed by atoms with van der Waals surface area (Å²) in [4.78, 5) is 4.41. The van der Waals surface area contributed by atoms with Crippen LogP contribution in [0, 0.1) is 0 Å². The Morgan fingerprint density at radius 3 is 2.24 bits per heavy atom. The summed E-state index contributed by atoms with van der Waals surface area (Å²) < 4.78 is 5.25. The Hall–Kier alpha value is -1.68. The fourth-order valence-corrected chi connectivity index (χ4v) is 3.01. The van der Waals surface area contributed by atoms with E-state index in [0.717, 1.165) is 12.0 Å². The predicted octanol–water partition coefficient (Wildman–Crippen LogP) is 5.31. The van der Waals surface area contributed by atoms with Gasteiger partial charge in [-0.2, -0.15) is 4.98 Å². The summed E-state index contributed by atoms with van der Waals surface area (Å²) in [6, 6.07) is 8.56. The van der Waals surface area contributed by atoms with Gasteiger partial charge in [-0.3, -0.25) is 0 Å². The number of nitrogens with two attached hydrogens (primary N) is 1. The quantitative estimate of drug-likeness (QED) is 0.530. The Morgan fingerprint density at radius 2 is 1.60 bits per heavy atom. The van der Waals surface area contributed by atoms with Gasteiger partial charge in [-0.05, 0) is 25.3 Å². The van der Waals surface area contributed by atoms with E-state index in [9.17, 15) is 0 Å². The number of unbranched alkanes of at least 4 members (excludes halogenated alkanes) is 7. The van der Waals surface area contributed by atoms with Gasteiger partial charge in [0.1, 0.15) is 0 Å². The van der Waals surface area contributed by atoms with Crippen molar-refractivity contribution in [2.45, 2.75) is 84.1 Å². The number of hydrogen-bond donors (Lipinski definition) is 1. The van der Waals surface area contributed by atoms with Crippen molar-refractivity contribution in [3.05, 3.63) is 35.7 Å². The van der Waals surface area contributed by atoms with Crippen molar-refractivity contribution < 1.29 is 4.52 Å². The second kappa shape index (κ2) is 11.0. The molecule has 0 fully saturated rings. The molecule has 1 aromatic heterocycles. The van der Waals surface area contributed by atoms with Gasteiger partial charge >= 0.3 is 0 Å². The lowest BCUT2D eigenvalue weighted by Crippen LogP contribution is -2.17. The van der Waals surface area contributed by atoms with Crippen LogP contribution in [0.5, 0.6) is 0 Å². The fraction of sp³-hybridized carbons (Fsp3) is 0.619. The Labute approximate surface area is 152 Å². The topological polar surface area (TPSA) is 64.9 Å². The van der Waals surface area contributed by atoms with Gasteiger partial charge in [-0.1, -0.05) is 81.3 Å². The fourth-order valence-electron chi connectivity index (χ4n) is 3.01. The van der Waals surface area contributed by atoms with Crippen LogP contribution in [-0.4, -0.2) is 16.2 Å². The molecule has 138 valence electrons. The number of aromatic nitrogens is 2. The third kappa shape index (κ3) is 7.39. The van der Waals surface area contributed by atoms with Crippen LogP contribution in [-0.2, 0) is 12.8 Å². The van der Waals surface area contributed by atoms with Crippen LogP contribution in [0.3, 0.4) is 0 Å². The lowest BCUT2D eigenvalue weighted by Gasteiger charge is -2.03. The molecule has 0 saturated heterocycles. The lowest BCUT2D eigenvalue weighted by atomic mass is 10.0. The molecule has 0 aliphatic heterocycles. The van der Waals surface area contributed by atoms with Gasteiger partial charge in [0.05, 0.1) is 0 Å². The van der Waals surface area contributed by atoms with Crippen molar-refractivity contribution >= 4 is 0 Å². The maximum absolute atomic E-state index is 5.76. The summed E-state index contributed by atoms with van der Waals surface area (Å²) in [6.45, 7) is 4.20. The molecule has 1 heterocycles. The van der Waals surface area contributed by atoms with E-state index in [1.807, 2.05) is 6.92 Å². The molecule has 4 nitrogen and oxygen atoms in total. The molecule has 0 spiro atoms. The first-order valence-corrected chi connectivity index (χ1v) is 9.86. The zero-order valence-corrected chi connectivity index (χ0v) is 15.8. The largest absolute Gasteiger partial charge is 0.339 e. The summed E-state index contributed by atoms with van der Waals surface area (Å²) in [7, 11) is 0. The minimum Gasteiger partial charge on any atom is -0.339 e. The molecule has 2 N–H and O–H groups in total. The van der Waals surface area contributed by atoms with Crippen LogP contribution in [0.1, 0.15) is 76.7 Å². The van der Waals surface area contributed by atoms with Crippen molar-refractivity contribution in [3.63, 3.8) is 0 Å². The highest BCUT2D eigenvalue weighted by molar-refractivity contribution is 5.54. The first-order chi connectivity index (χ1) is 12.2. The maximum atomic E-state index is 5.76. The van der Waals surface area contributed by atoms with E-state index in [0.29, 0.717) is 18.1 Å². The maximum Gasteiger partial charge on any atom is 0.228 e. The number of rotatable bonds is 12. The van der Waals surface area contributed by atoms with Crippen molar-refractivity contribution in [2.75, 3.05) is 0 Å². The number of hydrogen-bond acceptors (Lipinski definition) is 4. The van der Waals surface area contributed by atoms with E-state index in [-0.39, 0.29) is 6.04 Å². The van der Waals surface area contributed by atoms with Gasteiger partial charge in [0.25, 0.3) is 0 Å². The molecule has 25 heavy (non-hydrogen) atoms. The van der Waals surface area contributed by atoms with Crippen LogP contribution >= 0.6 is 0 Å². The Balaban J connectivity index is 1.70. The molecule has 1 atom stereocenters. The zero-order chi connectivity index (χ0) is 17.9. The summed E-state index contributed by atoms with van der Waals surface area (Å²) in [5.74, 6) is 1.25. The average molecular weight is 344 g/mol. The van der Waals surface area contributed by atoms with Crippen LogP contribution in [0.15, 0.2) is 28.8 Å². The Bertz CT molecular complexity index is 589. The van der Waals surface area contributed by atoms with E-state index in [1.165, 1.54) is 56.9 Å². The van der Waals surface area contributed by atoms with Crippen LogP contribution in [0.2, 0.25) is 0 Å². The molecule has 0 aliphatic carbocycles. The van der Waals surface area contributed by atoms with E-state index in [1.54, 1.807) is 0 Å². The summed E-state index contributed by atoms with van der Waals surface area (Å²) in [5.41, 5.74) is 8.15. The van der Waals surface area contributed by atoms with Crippen molar-refractivity contribution in [3.8, 4) is 11.4 Å². The molecule has 0 saturated carbocycles. The molecule has 2 aromatic rings. The van der Waals surface area contributed by atoms with E-state index in [4.69, 9.17) is 10.3 Å². The number of aryl methyl sites for hydroxylation is 1. The van der Waals surface area contributed by atoms with Gasteiger partial charge in [0, 0.05) is 18.0 Å². The van der Waals surface area contributed by atoms with Crippen LogP contribution in [0.25, 0.3) is 11.4 Å². The first kappa shape index (κ1) is 19.6. The molecule has 0 amide bonds. The van der Waals surface area contributed by atoms with Gasteiger partial charge in [0.2, 0.25) is 11.7 Å². The first-order valence-electron chi connectivity index (χ1n) is 9.86. The van der Waals surface area contributed by atoms with E-state index in [2.05, 4.69) is 41.3 Å². The monoisotopic (exact) mass is 343 g/mol. The highest BCUT2D eigenvalue weighted by Gasteiger charge is 2.10. The van der Waals surface area contributed by atoms with Crippen molar-refractivity contribution in [2.24, 2.45) is 5.73 Å². The van der Waals surface area contributed by atoms with Gasteiger partial charge in [-0.25, -0.2) is 0 Å². The summed E-state index contributed by atoms with van der Waals surface area (Å²) in [6.07, 6.45) is 12.6. The van der Waals surface area contributed by atoms with Crippen molar-refractivity contribution in [1.82, 2.24) is 10.1 Å². The molecular weight excluding hydrogens is 310 g/mol. The minimum atomic E-state index is 0.0299. The summed E-state index contributed by atoms with van der Waals surface area (Å²) >= 11 is 0. The highest BCUT2D eigenvalue weighted by Crippen LogP contribution is 2.18. The molecule has 2 rings (SSSR count). The second-order valence-corrected chi connectivity index (χ2v) is 7.11. The average Bonchev–Trinajstić information content (AvgIpc) is 3.05. The molecule has 1 aromatic carbocycles. The highest BCUT2D eigenvalue weighted by atomic mass is 16.5. The Kier molecular flexibility index (Phi) is 8.67. The molecule has 4 heteroatoms. The number of benzene rings is 1. The minimum absolute atomic E-state index is 0.0299. The number of nitrogens with zero attached hydrogens (tertiary/aromatic N) is 2. The second-order valence-electron chi connectivity index (χ2n) is 7.11. The third-order valence-electron chi connectivity index (χ3n) is 4.50. The van der Waals surface area contributed by atoms with Crippen LogP contribution in [0.4, 0.5) is 0 Å². The van der Waals surface area contributed by atoms with E-state index < -0.39 is 0 Å². The smallest absolute Gasteiger partial charge is 0.228 e. The molecule has 0 bridgehead atoms. The van der Waals surface area contributed by atoms with Gasteiger partial charge in [0.15, 0.2) is 0 Å². The molecule has 0 aliphatic rings. The van der Waals surface area contributed by atoms with Gasteiger partial charge in [-0.15, -0.1) is 0 Å². The molecule has 0 unspecified atom stereocenters. The predicted molar refractivity (Wildman–Crippen MR) is 103 cm³/mol. The van der Waals surface area contributed by atoms with E-state index >= 15 is 0 Å². The standard InChI is InChI=1S/C21H33N3O/c1-3-4-5-6-7-8-9-10-11-18-12-14-19(15-13-18)21-23-20(25-24-21)16-17(2)22/h12-15,17H,3-11,16,22H2,1-2H3/t17-/m0/s1. The molecular formula is C21H33N3O. The summed E-state index contributed by atoms with van der Waals surface area (Å²) in [5, 5.41) is 4.04. The Morgan fingerprint density at radius 1 is 0.960 bits per heavy atom. The molecule has 0 radical (unpaired) electrons. The third-order valence-corrected chi connectivity index (χ3v) is 4.50. The SMILES string of the molecule is CCCCCCCCCCc1ccc(-c2noc(C[C@H](C)N)n2)cc1. The van der Waals surface area contributed by atoms with Gasteiger partial charge < -0.3 is 10.3 Å².